The van der Waals surface area contributed by atoms with E-state index in [1.54, 1.807) is 30.4 Å². The zero-order valence-electron chi connectivity index (χ0n) is 14.4. The van der Waals surface area contributed by atoms with E-state index in [0.29, 0.717) is 15.4 Å². The van der Waals surface area contributed by atoms with Gasteiger partial charge in [0.05, 0.1) is 22.9 Å². The maximum Gasteiger partial charge on any atom is 0.350 e. The number of carbonyl (C=O) groups is 1. The minimum Gasteiger partial charge on any atom is -0.508 e. The lowest BCUT2D eigenvalue weighted by atomic mass is 10.0. The van der Waals surface area contributed by atoms with Gasteiger partial charge in [-0.2, -0.15) is 0 Å². The van der Waals surface area contributed by atoms with Gasteiger partial charge >= 0.3 is 5.97 Å². The van der Waals surface area contributed by atoms with E-state index in [1.165, 1.54) is 11.3 Å². The second-order valence-corrected chi connectivity index (χ2v) is 7.77. The summed E-state index contributed by atoms with van der Waals surface area (Å²) in [5, 5.41) is 12.3. The Morgan fingerprint density at radius 2 is 2.04 bits per heavy atom. The number of esters is 1. The molecule has 3 N–H and O–H groups in total. The van der Waals surface area contributed by atoms with E-state index in [-0.39, 0.29) is 12.4 Å². The van der Waals surface area contributed by atoms with E-state index in [4.69, 9.17) is 15.5 Å². The lowest BCUT2D eigenvalue weighted by molar-refractivity contribution is 0.0533. The zero-order valence-corrected chi connectivity index (χ0v) is 16.1. The number of phenolic OH excluding ortho intramolecular Hbond substituents is 1. The van der Waals surface area contributed by atoms with Crippen molar-refractivity contribution in [2.45, 2.75) is 6.92 Å². The van der Waals surface area contributed by atoms with Crippen LogP contribution in [0.3, 0.4) is 0 Å². The highest BCUT2D eigenvalue weighted by Gasteiger charge is 2.22. The summed E-state index contributed by atoms with van der Waals surface area (Å²) in [7, 11) is 0. The molecule has 3 aromatic heterocycles. The average molecular weight is 396 g/mol. The van der Waals surface area contributed by atoms with Gasteiger partial charge in [-0.3, -0.25) is 0 Å². The van der Waals surface area contributed by atoms with Crippen molar-refractivity contribution in [2.24, 2.45) is 0 Å². The number of rotatable bonds is 4. The first-order valence-electron chi connectivity index (χ1n) is 8.32. The molecule has 0 aliphatic heterocycles. The molecule has 4 aromatic rings. The largest absolute Gasteiger partial charge is 0.508 e. The predicted molar refractivity (Wildman–Crippen MR) is 110 cm³/mol. The number of ether oxygens (including phenoxy) is 1. The molecule has 5 nitrogen and oxygen atoms in total. The van der Waals surface area contributed by atoms with Crippen molar-refractivity contribution in [3.05, 3.63) is 52.7 Å². The summed E-state index contributed by atoms with van der Waals surface area (Å²) < 4.78 is 5.13. The molecule has 136 valence electrons. The van der Waals surface area contributed by atoms with E-state index in [0.717, 1.165) is 27.1 Å². The van der Waals surface area contributed by atoms with Crippen LogP contribution in [-0.2, 0) is 4.74 Å². The Balaban J connectivity index is 2.00. The summed E-state index contributed by atoms with van der Waals surface area (Å²) in [4.78, 5) is 19.1. The van der Waals surface area contributed by atoms with Crippen LogP contribution in [0.2, 0.25) is 0 Å². The molecule has 4 rings (SSSR count). The number of nitrogens with two attached hydrogens (primary N) is 1. The maximum absolute atomic E-state index is 12.3. The van der Waals surface area contributed by atoms with Crippen LogP contribution in [0.15, 0.2) is 47.8 Å². The molecule has 0 atom stereocenters. The number of anilines is 1. The van der Waals surface area contributed by atoms with Crippen LogP contribution >= 0.6 is 22.7 Å². The Labute approximate surface area is 163 Å². The molecule has 0 fully saturated rings. The molecule has 0 aliphatic carbocycles. The second-order valence-electron chi connectivity index (χ2n) is 5.82. The topological polar surface area (TPSA) is 85.4 Å². The number of aromatic nitrogens is 1. The van der Waals surface area contributed by atoms with Crippen LogP contribution in [-0.4, -0.2) is 22.7 Å². The molecule has 0 saturated heterocycles. The van der Waals surface area contributed by atoms with Crippen molar-refractivity contribution in [2.75, 3.05) is 12.3 Å². The summed E-state index contributed by atoms with van der Waals surface area (Å²) in [6, 6.07) is 12.8. The summed E-state index contributed by atoms with van der Waals surface area (Å²) >= 11 is 2.84. The molecule has 7 heteroatoms. The third-order valence-electron chi connectivity index (χ3n) is 4.11. The van der Waals surface area contributed by atoms with Crippen LogP contribution in [0.4, 0.5) is 5.69 Å². The SMILES string of the molecule is CCOC(=O)c1sc2nc(-c3cccs3)cc(-c3ccc(O)cc3)c2c1N. The van der Waals surface area contributed by atoms with Gasteiger partial charge in [0.1, 0.15) is 15.5 Å². The van der Waals surface area contributed by atoms with E-state index in [1.807, 2.05) is 35.7 Å². The number of fused-ring (bicyclic) bond motifs is 1. The van der Waals surface area contributed by atoms with E-state index in [9.17, 15) is 9.90 Å². The average Bonchev–Trinajstić information content (AvgIpc) is 3.30. The van der Waals surface area contributed by atoms with Gasteiger partial charge in [0.25, 0.3) is 0 Å². The van der Waals surface area contributed by atoms with Crippen molar-refractivity contribution < 1.29 is 14.6 Å². The number of phenols is 1. The van der Waals surface area contributed by atoms with E-state index in [2.05, 4.69) is 0 Å². The molecular weight excluding hydrogens is 380 g/mol. The summed E-state index contributed by atoms with van der Waals surface area (Å²) in [5.41, 5.74) is 9.28. The highest BCUT2D eigenvalue weighted by Crippen LogP contribution is 2.42. The number of benzene rings is 1. The number of carbonyl (C=O) groups excluding carboxylic acids is 1. The number of hydrogen-bond acceptors (Lipinski definition) is 7. The van der Waals surface area contributed by atoms with E-state index >= 15 is 0 Å². The normalized spacial score (nSPS) is 11.0. The molecule has 0 unspecified atom stereocenters. The zero-order chi connectivity index (χ0) is 19.0. The summed E-state index contributed by atoms with van der Waals surface area (Å²) in [6.07, 6.45) is 0. The smallest absolute Gasteiger partial charge is 0.350 e. The first-order chi connectivity index (χ1) is 13.1. The minimum atomic E-state index is -0.438. The van der Waals surface area contributed by atoms with Crippen molar-refractivity contribution in [1.82, 2.24) is 4.98 Å². The Hall–Kier alpha value is -2.90. The van der Waals surface area contributed by atoms with E-state index < -0.39 is 5.97 Å². The second kappa shape index (κ2) is 7.02. The number of nitrogen functional groups attached to an aromatic ring is 1. The van der Waals surface area contributed by atoms with Crippen molar-refractivity contribution >= 4 is 44.5 Å². The molecule has 0 radical (unpaired) electrons. The van der Waals surface area contributed by atoms with Crippen molar-refractivity contribution in [3.63, 3.8) is 0 Å². The van der Waals surface area contributed by atoms with Crippen LogP contribution in [0, 0.1) is 0 Å². The van der Waals surface area contributed by atoms with Gasteiger partial charge in [-0.05, 0) is 47.7 Å². The monoisotopic (exact) mass is 396 g/mol. The third kappa shape index (κ3) is 3.15. The number of thiophene rings is 2. The van der Waals surface area contributed by atoms with Crippen LogP contribution in [0.25, 0.3) is 31.9 Å². The van der Waals surface area contributed by atoms with Crippen LogP contribution in [0.5, 0.6) is 5.75 Å². The number of aromatic hydroxyl groups is 1. The summed E-state index contributed by atoms with van der Waals surface area (Å²) in [5.74, 6) is -0.250. The Bertz CT molecular complexity index is 1120. The Morgan fingerprint density at radius 3 is 2.70 bits per heavy atom. The van der Waals surface area contributed by atoms with Crippen molar-refractivity contribution in [3.8, 4) is 27.4 Å². The highest BCUT2D eigenvalue weighted by molar-refractivity contribution is 7.21. The van der Waals surface area contributed by atoms with Gasteiger partial charge in [0, 0.05) is 5.39 Å². The number of nitrogens with zero attached hydrogens (tertiary/aromatic N) is 1. The maximum atomic E-state index is 12.3. The molecule has 0 aliphatic rings. The molecule has 0 saturated carbocycles. The fourth-order valence-corrected chi connectivity index (χ4v) is 4.59. The first kappa shape index (κ1) is 17.5. The number of pyridine rings is 1. The molecule has 0 bridgehead atoms. The van der Waals surface area contributed by atoms with Gasteiger partial charge in [0.15, 0.2) is 0 Å². The third-order valence-corrected chi connectivity index (χ3v) is 6.08. The molecule has 27 heavy (non-hydrogen) atoms. The molecule has 0 spiro atoms. The highest BCUT2D eigenvalue weighted by atomic mass is 32.1. The standard InChI is InChI=1S/C20H16N2O3S2/c1-2-25-20(24)18-17(21)16-13(11-5-7-12(23)8-6-11)10-14(22-19(16)27-18)15-4-3-9-26-15/h3-10,23H,2,21H2,1H3. The van der Waals surface area contributed by atoms with Crippen molar-refractivity contribution in [1.29, 1.82) is 0 Å². The van der Waals surface area contributed by atoms with Crippen LogP contribution < -0.4 is 5.73 Å². The predicted octanol–water partition coefficient (Wildman–Crippen LogP) is 5.16. The Morgan fingerprint density at radius 1 is 1.26 bits per heavy atom. The van der Waals surface area contributed by atoms with Gasteiger partial charge in [-0.1, -0.05) is 18.2 Å². The van der Waals surface area contributed by atoms with Gasteiger partial charge in [0.2, 0.25) is 0 Å². The first-order valence-corrected chi connectivity index (χ1v) is 10.0. The molecule has 0 amide bonds. The molecular formula is C20H16N2O3S2. The van der Waals surface area contributed by atoms with Gasteiger partial charge in [-0.25, -0.2) is 9.78 Å². The fraction of sp³-hybridized carbons (Fsp3) is 0.100. The van der Waals surface area contributed by atoms with Crippen LogP contribution in [0.1, 0.15) is 16.6 Å². The minimum absolute atomic E-state index is 0.188. The number of hydrogen-bond donors (Lipinski definition) is 2. The summed E-state index contributed by atoms with van der Waals surface area (Å²) in [6.45, 7) is 2.04. The fourth-order valence-electron chi connectivity index (χ4n) is 2.89. The van der Waals surface area contributed by atoms with Gasteiger partial charge < -0.3 is 15.6 Å². The lowest BCUT2D eigenvalue weighted by Gasteiger charge is -2.08. The quantitative estimate of drug-likeness (QED) is 0.466. The lowest BCUT2D eigenvalue weighted by Crippen LogP contribution is -2.04. The Kier molecular flexibility index (Phi) is 4.55. The van der Waals surface area contributed by atoms with Gasteiger partial charge in [-0.15, -0.1) is 22.7 Å². The molecule has 3 heterocycles. The molecule has 1 aromatic carbocycles.